The zero-order valence-corrected chi connectivity index (χ0v) is 16.6. The number of benzene rings is 1. The molecule has 0 unspecified atom stereocenters. The molecule has 1 N–H and O–H groups in total. The quantitative estimate of drug-likeness (QED) is 0.656. The molecule has 4 rings (SSSR count). The van der Waals surface area contributed by atoms with E-state index in [1.165, 1.54) is 29.3 Å². The Balaban J connectivity index is 1.68. The number of likely N-dealkylation sites (tertiary alicyclic amines) is 1. The maximum absolute atomic E-state index is 11.9. The fourth-order valence-electron chi connectivity index (χ4n) is 3.75. The number of aromatic nitrogens is 3. The number of hydrogen-bond donors (Lipinski definition) is 1. The largest absolute Gasteiger partial charge is 0.497 e. The van der Waals surface area contributed by atoms with Gasteiger partial charge < -0.3 is 14.6 Å². The lowest BCUT2D eigenvalue weighted by Crippen LogP contribution is -2.39. The third-order valence-corrected chi connectivity index (χ3v) is 6.33. The van der Waals surface area contributed by atoms with Crippen molar-refractivity contribution >= 4 is 22.3 Å². The van der Waals surface area contributed by atoms with Crippen LogP contribution in [0.25, 0.3) is 4.96 Å². The second kappa shape index (κ2) is 7.76. The second-order valence-corrected chi connectivity index (χ2v) is 7.76. The molecule has 0 spiro atoms. The molecule has 1 atom stereocenters. The summed E-state index contributed by atoms with van der Waals surface area (Å²) < 4.78 is 11.6. The predicted molar refractivity (Wildman–Crippen MR) is 104 cm³/mol. The van der Waals surface area contributed by atoms with Crippen LogP contribution in [0.5, 0.6) is 11.6 Å². The van der Waals surface area contributed by atoms with Gasteiger partial charge in [-0.25, -0.2) is 4.98 Å². The van der Waals surface area contributed by atoms with E-state index in [9.17, 15) is 9.90 Å². The van der Waals surface area contributed by atoms with Crippen LogP contribution in [0.1, 0.15) is 29.3 Å². The number of ether oxygens (including phenoxy) is 2. The minimum Gasteiger partial charge on any atom is -0.497 e. The first kappa shape index (κ1) is 18.7. The molecule has 148 valence electrons. The summed E-state index contributed by atoms with van der Waals surface area (Å²) in [5, 5.41) is 14.9. The van der Waals surface area contributed by atoms with Crippen LogP contribution in [-0.2, 0) is 9.53 Å². The number of carbonyl (C=O) groups is 1. The van der Waals surface area contributed by atoms with Gasteiger partial charge in [0.1, 0.15) is 12.1 Å². The molecule has 2 aromatic heterocycles. The van der Waals surface area contributed by atoms with Gasteiger partial charge in [-0.1, -0.05) is 23.5 Å². The number of piperidine rings is 1. The second-order valence-electron chi connectivity index (χ2n) is 6.75. The molecule has 0 amide bonds. The molecule has 0 bridgehead atoms. The van der Waals surface area contributed by atoms with Crippen LogP contribution in [0.3, 0.4) is 0 Å². The van der Waals surface area contributed by atoms with Crippen LogP contribution < -0.4 is 4.74 Å². The fourth-order valence-corrected chi connectivity index (χ4v) is 4.84. The Morgan fingerprint density at radius 3 is 2.57 bits per heavy atom. The number of rotatable bonds is 5. The zero-order chi connectivity index (χ0) is 19.7. The van der Waals surface area contributed by atoms with E-state index in [2.05, 4.69) is 15.0 Å². The molecule has 8 nitrogen and oxygen atoms in total. The Bertz CT molecular complexity index is 960. The van der Waals surface area contributed by atoms with Gasteiger partial charge in [-0.05, 0) is 43.6 Å². The molecule has 3 aromatic rings. The van der Waals surface area contributed by atoms with Crippen LogP contribution in [0.4, 0.5) is 0 Å². The maximum atomic E-state index is 11.9. The topological polar surface area (TPSA) is 89.2 Å². The monoisotopic (exact) mass is 402 g/mol. The number of esters is 1. The summed E-state index contributed by atoms with van der Waals surface area (Å²) in [4.78, 5) is 19.8. The van der Waals surface area contributed by atoms with Crippen LogP contribution >= 0.6 is 11.3 Å². The van der Waals surface area contributed by atoms with Gasteiger partial charge >= 0.3 is 5.97 Å². The standard InChI is InChI=1S/C19H22N4O4S/c1-26-14-5-3-12(4-6-14)15(16-17(24)23-19(28-16)20-11-21-23)22-9-7-13(8-10-22)18(25)27-2/h3-6,11,13,15,24H,7-10H2,1-2H3/t15-/m0/s1. The number of fused-ring (bicyclic) bond motifs is 1. The summed E-state index contributed by atoms with van der Waals surface area (Å²) in [5.74, 6) is 0.656. The lowest BCUT2D eigenvalue weighted by Gasteiger charge is -2.36. The molecule has 1 aliphatic rings. The SMILES string of the molecule is COC(=O)C1CCN([C@@H](c2ccc(OC)cc2)c2sc3ncnn3c2O)CC1. The van der Waals surface area contributed by atoms with Gasteiger partial charge in [-0.2, -0.15) is 9.61 Å². The summed E-state index contributed by atoms with van der Waals surface area (Å²) in [6.07, 6.45) is 2.88. The molecule has 0 aliphatic carbocycles. The lowest BCUT2D eigenvalue weighted by molar-refractivity contribution is -0.147. The van der Waals surface area contributed by atoms with Gasteiger partial charge in [-0.15, -0.1) is 0 Å². The molecule has 1 fully saturated rings. The highest BCUT2D eigenvalue weighted by molar-refractivity contribution is 7.17. The highest BCUT2D eigenvalue weighted by atomic mass is 32.1. The average molecular weight is 402 g/mol. The molecule has 3 heterocycles. The van der Waals surface area contributed by atoms with Crippen molar-refractivity contribution in [2.75, 3.05) is 27.3 Å². The van der Waals surface area contributed by atoms with E-state index in [-0.39, 0.29) is 23.8 Å². The van der Waals surface area contributed by atoms with E-state index in [0.717, 1.165) is 42.1 Å². The Labute approximate surface area is 166 Å². The number of carbonyl (C=O) groups excluding carboxylic acids is 1. The summed E-state index contributed by atoms with van der Waals surface area (Å²) in [5.41, 5.74) is 1.04. The molecular formula is C19H22N4O4S. The molecule has 0 saturated carbocycles. The molecule has 28 heavy (non-hydrogen) atoms. The summed E-state index contributed by atoms with van der Waals surface area (Å²) in [7, 11) is 3.07. The number of thiazole rings is 1. The van der Waals surface area contributed by atoms with Crippen LogP contribution in [-0.4, -0.2) is 57.9 Å². The van der Waals surface area contributed by atoms with Crippen LogP contribution in [0.2, 0.25) is 0 Å². The first-order chi connectivity index (χ1) is 13.6. The molecule has 1 saturated heterocycles. The van der Waals surface area contributed by atoms with Crippen molar-refractivity contribution in [3.05, 3.63) is 41.0 Å². The Kier molecular flexibility index (Phi) is 5.19. The van der Waals surface area contributed by atoms with Gasteiger partial charge in [0, 0.05) is 0 Å². The van der Waals surface area contributed by atoms with E-state index >= 15 is 0 Å². The summed E-state index contributed by atoms with van der Waals surface area (Å²) in [6.45, 7) is 1.45. The zero-order valence-electron chi connectivity index (χ0n) is 15.7. The van der Waals surface area contributed by atoms with Crippen molar-refractivity contribution in [2.45, 2.75) is 18.9 Å². The molecular weight excluding hydrogens is 380 g/mol. The van der Waals surface area contributed by atoms with E-state index in [1.54, 1.807) is 7.11 Å². The van der Waals surface area contributed by atoms with Crippen molar-refractivity contribution in [3.8, 4) is 11.6 Å². The molecule has 1 aliphatic heterocycles. The summed E-state index contributed by atoms with van der Waals surface area (Å²) >= 11 is 1.42. The number of nitrogens with zero attached hydrogens (tertiary/aromatic N) is 4. The molecule has 1 aromatic carbocycles. The Morgan fingerprint density at radius 1 is 1.25 bits per heavy atom. The first-order valence-electron chi connectivity index (χ1n) is 9.09. The van der Waals surface area contributed by atoms with E-state index < -0.39 is 0 Å². The van der Waals surface area contributed by atoms with Crippen LogP contribution in [0.15, 0.2) is 30.6 Å². The van der Waals surface area contributed by atoms with Crippen molar-refractivity contribution in [2.24, 2.45) is 5.92 Å². The first-order valence-corrected chi connectivity index (χ1v) is 9.91. The van der Waals surface area contributed by atoms with Crippen molar-refractivity contribution in [1.29, 1.82) is 0 Å². The van der Waals surface area contributed by atoms with Gasteiger partial charge in [0.05, 0.1) is 31.1 Å². The van der Waals surface area contributed by atoms with E-state index in [4.69, 9.17) is 9.47 Å². The van der Waals surface area contributed by atoms with Crippen molar-refractivity contribution in [3.63, 3.8) is 0 Å². The van der Waals surface area contributed by atoms with E-state index in [0.29, 0.717) is 4.96 Å². The fraction of sp³-hybridized carbons (Fsp3) is 0.421. The summed E-state index contributed by atoms with van der Waals surface area (Å²) in [6, 6.07) is 7.68. The number of methoxy groups -OCH3 is 2. The lowest BCUT2D eigenvalue weighted by atomic mass is 9.93. The minimum absolute atomic E-state index is 0.0753. The highest BCUT2D eigenvalue weighted by Crippen LogP contribution is 2.41. The van der Waals surface area contributed by atoms with Crippen molar-refractivity contribution in [1.82, 2.24) is 19.5 Å². The maximum Gasteiger partial charge on any atom is 0.308 e. The highest BCUT2D eigenvalue weighted by Gasteiger charge is 2.34. The third-order valence-electron chi connectivity index (χ3n) is 5.25. The normalized spacial score (nSPS) is 16.9. The predicted octanol–water partition coefficient (Wildman–Crippen LogP) is 2.48. The number of aromatic hydroxyl groups is 1. The van der Waals surface area contributed by atoms with Gasteiger partial charge in [0.2, 0.25) is 10.8 Å². The van der Waals surface area contributed by atoms with Gasteiger partial charge in [0.25, 0.3) is 0 Å². The van der Waals surface area contributed by atoms with Gasteiger partial charge in [0.15, 0.2) is 0 Å². The molecule has 0 radical (unpaired) electrons. The van der Waals surface area contributed by atoms with Crippen molar-refractivity contribution < 1.29 is 19.4 Å². The van der Waals surface area contributed by atoms with E-state index in [1.807, 2.05) is 24.3 Å². The van der Waals surface area contributed by atoms with Gasteiger partial charge in [-0.3, -0.25) is 9.69 Å². The third kappa shape index (κ3) is 3.31. The smallest absolute Gasteiger partial charge is 0.308 e. The number of hydrogen-bond acceptors (Lipinski definition) is 8. The molecule has 9 heteroatoms. The van der Waals surface area contributed by atoms with Crippen LogP contribution in [0, 0.1) is 5.92 Å². The average Bonchev–Trinajstić information content (AvgIpc) is 3.32. The minimum atomic E-state index is -0.155. The Morgan fingerprint density at radius 2 is 1.96 bits per heavy atom. The Hall–Kier alpha value is -2.65.